The zero-order valence-corrected chi connectivity index (χ0v) is 17.0. The molecule has 1 aromatic carbocycles. The summed E-state index contributed by atoms with van der Waals surface area (Å²) in [6, 6.07) is 7.85. The van der Waals surface area contributed by atoms with Crippen molar-refractivity contribution < 1.29 is 5.11 Å². The van der Waals surface area contributed by atoms with E-state index in [-0.39, 0.29) is 24.0 Å². The maximum Gasteiger partial charge on any atom is 0.194 e. The summed E-state index contributed by atoms with van der Waals surface area (Å²) >= 11 is 6.04. The number of nitrogens with zero attached hydrogens (tertiary/aromatic N) is 2. The van der Waals surface area contributed by atoms with Crippen molar-refractivity contribution in [2.75, 3.05) is 20.1 Å². The largest absolute Gasteiger partial charge is 0.388 e. The summed E-state index contributed by atoms with van der Waals surface area (Å²) in [5.74, 6) is 0.822. The second-order valence-corrected chi connectivity index (χ2v) is 6.52. The minimum absolute atomic E-state index is 0. The number of hydrogen-bond acceptors (Lipinski definition) is 2. The van der Waals surface area contributed by atoms with E-state index in [1.165, 1.54) is 0 Å². The Morgan fingerprint density at radius 3 is 2.70 bits per heavy atom. The van der Waals surface area contributed by atoms with Gasteiger partial charge in [-0.2, -0.15) is 0 Å². The van der Waals surface area contributed by atoms with Gasteiger partial charge in [-0.25, -0.2) is 0 Å². The molecule has 0 saturated heterocycles. The molecule has 130 valence electrons. The lowest BCUT2D eigenvalue weighted by molar-refractivity contribution is 0.0572. The molecule has 4 nitrogen and oxygen atoms in total. The molecule has 0 heterocycles. The quantitative estimate of drug-likeness (QED) is 0.408. The van der Waals surface area contributed by atoms with E-state index in [1.807, 2.05) is 32.2 Å². The standard InChI is InChI=1S/C17H26ClN3O.HI/c1-3-19-16(20-13-17(22)9-4-5-10-17)21(2)12-14-7-6-8-15(18)11-14;/h6-8,11,22H,3-5,9-10,12-13H2,1-2H3,(H,19,20);1H. The normalized spacial score (nSPS) is 16.8. The molecular weight excluding hydrogens is 425 g/mol. The molecule has 6 heteroatoms. The number of hydrogen-bond donors (Lipinski definition) is 2. The molecular formula is C17H27ClIN3O. The van der Waals surface area contributed by atoms with Gasteiger partial charge in [-0.3, -0.25) is 4.99 Å². The van der Waals surface area contributed by atoms with Crippen LogP contribution in [-0.4, -0.2) is 41.7 Å². The third-order valence-corrected chi connectivity index (χ3v) is 4.30. The van der Waals surface area contributed by atoms with Crippen LogP contribution >= 0.6 is 35.6 Å². The Bertz CT molecular complexity index is 518. The molecule has 1 saturated carbocycles. The van der Waals surface area contributed by atoms with Crippen LogP contribution in [0.3, 0.4) is 0 Å². The average molecular weight is 452 g/mol. The van der Waals surface area contributed by atoms with Crippen LogP contribution < -0.4 is 5.32 Å². The number of guanidine groups is 1. The number of rotatable bonds is 5. The Balaban J connectivity index is 0.00000264. The van der Waals surface area contributed by atoms with Gasteiger partial charge in [0.2, 0.25) is 0 Å². The van der Waals surface area contributed by atoms with E-state index in [0.717, 1.165) is 55.3 Å². The summed E-state index contributed by atoms with van der Waals surface area (Å²) in [5.41, 5.74) is 0.526. The Labute approximate surface area is 161 Å². The van der Waals surface area contributed by atoms with E-state index in [9.17, 15) is 5.11 Å². The van der Waals surface area contributed by atoms with E-state index in [1.54, 1.807) is 0 Å². The summed E-state index contributed by atoms with van der Waals surface area (Å²) in [6.07, 6.45) is 3.91. The van der Waals surface area contributed by atoms with Crippen LogP contribution in [0.1, 0.15) is 38.2 Å². The molecule has 2 rings (SSSR count). The molecule has 1 aliphatic rings. The molecule has 1 aromatic rings. The molecule has 23 heavy (non-hydrogen) atoms. The predicted octanol–water partition coefficient (Wildman–Crippen LogP) is 3.66. The van der Waals surface area contributed by atoms with E-state index >= 15 is 0 Å². The molecule has 0 aliphatic heterocycles. The van der Waals surface area contributed by atoms with E-state index in [4.69, 9.17) is 11.6 Å². The van der Waals surface area contributed by atoms with Crippen LogP contribution in [0.4, 0.5) is 0 Å². The predicted molar refractivity (Wildman–Crippen MR) is 108 cm³/mol. The van der Waals surface area contributed by atoms with Crippen LogP contribution in [0.2, 0.25) is 5.02 Å². The number of halogens is 2. The van der Waals surface area contributed by atoms with Gasteiger partial charge in [-0.1, -0.05) is 36.6 Å². The Morgan fingerprint density at radius 1 is 1.39 bits per heavy atom. The number of aliphatic imine (C=N–C) groups is 1. The summed E-state index contributed by atoms with van der Waals surface area (Å²) in [7, 11) is 2.00. The average Bonchev–Trinajstić information content (AvgIpc) is 2.90. The van der Waals surface area contributed by atoms with Gasteiger partial charge in [0, 0.05) is 25.2 Å². The van der Waals surface area contributed by atoms with Gasteiger partial charge in [0.1, 0.15) is 0 Å². The zero-order valence-electron chi connectivity index (χ0n) is 13.9. The van der Waals surface area contributed by atoms with Gasteiger partial charge in [-0.15, -0.1) is 24.0 Å². The van der Waals surface area contributed by atoms with Crippen molar-refractivity contribution in [3.05, 3.63) is 34.9 Å². The van der Waals surface area contributed by atoms with Gasteiger partial charge < -0.3 is 15.3 Å². The van der Waals surface area contributed by atoms with Crippen LogP contribution in [0, 0.1) is 0 Å². The Kier molecular flexibility index (Phi) is 8.64. The lowest BCUT2D eigenvalue weighted by atomic mass is 10.0. The Morgan fingerprint density at radius 2 is 2.09 bits per heavy atom. The third-order valence-electron chi connectivity index (χ3n) is 4.06. The maximum atomic E-state index is 10.4. The Hall–Kier alpha value is -0.530. The van der Waals surface area contributed by atoms with Crippen molar-refractivity contribution in [1.29, 1.82) is 0 Å². The molecule has 0 bridgehead atoms. The zero-order chi connectivity index (χ0) is 16.0. The van der Waals surface area contributed by atoms with Gasteiger partial charge >= 0.3 is 0 Å². The first-order chi connectivity index (χ1) is 10.5. The fourth-order valence-electron chi connectivity index (χ4n) is 2.87. The van der Waals surface area contributed by atoms with Crippen LogP contribution in [0.5, 0.6) is 0 Å². The van der Waals surface area contributed by atoms with Crippen molar-refractivity contribution in [2.24, 2.45) is 4.99 Å². The van der Waals surface area contributed by atoms with Gasteiger partial charge in [0.05, 0.1) is 12.1 Å². The number of aliphatic hydroxyl groups is 1. The van der Waals surface area contributed by atoms with Gasteiger partial charge in [0.15, 0.2) is 5.96 Å². The molecule has 0 atom stereocenters. The van der Waals surface area contributed by atoms with Crippen molar-refractivity contribution >= 4 is 41.5 Å². The summed E-state index contributed by atoms with van der Waals surface area (Å²) in [6.45, 7) is 4.05. The molecule has 1 aliphatic carbocycles. The highest BCUT2D eigenvalue weighted by Gasteiger charge is 2.30. The minimum atomic E-state index is -0.614. The molecule has 0 amide bonds. The first-order valence-electron chi connectivity index (χ1n) is 7.99. The van der Waals surface area contributed by atoms with Gasteiger partial charge in [-0.05, 0) is 37.5 Å². The molecule has 0 radical (unpaired) electrons. The topological polar surface area (TPSA) is 47.9 Å². The van der Waals surface area contributed by atoms with Crippen LogP contribution in [0.25, 0.3) is 0 Å². The third kappa shape index (κ3) is 6.47. The van der Waals surface area contributed by atoms with E-state index in [0.29, 0.717) is 6.54 Å². The minimum Gasteiger partial charge on any atom is -0.388 e. The highest BCUT2D eigenvalue weighted by atomic mass is 127. The first-order valence-corrected chi connectivity index (χ1v) is 8.36. The van der Waals surface area contributed by atoms with Crippen LogP contribution in [-0.2, 0) is 6.54 Å². The first kappa shape index (κ1) is 20.5. The summed E-state index contributed by atoms with van der Waals surface area (Å²) < 4.78 is 0. The van der Waals surface area contributed by atoms with Crippen molar-refractivity contribution in [1.82, 2.24) is 10.2 Å². The van der Waals surface area contributed by atoms with Crippen molar-refractivity contribution in [3.8, 4) is 0 Å². The van der Waals surface area contributed by atoms with E-state index in [2.05, 4.69) is 21.3 Å². The fraction of sp³-hybridized carbons (Fsp3) is 0.588. The fourth-order valence-corrected chi connectivity index (χ4v) is 3.08. The summed E-state index contributed by atoms with van der Waals surface area (Å²) in [4.78, 5) is 6.70. The van der Waals surface area contributed by atoms with Crippen molar-refractivity contribution in [3.63, 3.8) is 0 Å². The van der Waals surface area contributed by atoms with Crippen LogP contribution in [0.15, 0.2) is 29.3 Å². The molecule has 1 fully saturated rings. The van der Waals surface area contributed by atoms with Crippen molar-refractivity contribution in [2.45, 2.75) is 44.8 Å². The monoisotopic (exact) mass is 451 g/mol. The lowest BCUT2D eigenvalue weighted by Crippen LogP contribution is -2.40. The number of nitrogens with one attached hydrogen (secondary N) is 1. The van der Waals surface area contributed by atoms with Gasteiger partial charge in [0.25, 0.3) is 0 Å². The highest BCUT2D eigenvalue weighted by Crippen LogP contribution is 2.29. The molecule has 0 aromatic heterocycles. The second kappa shape index (κ2) is 9.69. The maximum absolute atomic E-state index is 10.4. The SMILES string of the molecule is CCNC(=NCC1(O)CCCC1)N(C)Cc1cccc(Cl)c1.I. The molecule has 0 spiro atoms. The number of benzene rings is 1. The summed E-state index contributed by atoms with van der Waals surface area (Å²) in [5, 5.41) is 14.5. The smallest absolute Gasteiger partial charge is 0.194 e. The second-order valence-electron chi connectivity index (χ2n) is 6.09. The molecule has 2 N–H and O–H groups in total. The highest BCUT2D eigenvalue weighted by molar-refractivity contribution is 14.0. The lowest BCUT2D eigenvalue weighted by Gasteiger charge is -2.25. The molecule has 0 unspecified atom stereocenters. The van der Waals surface area contributed by atoms with E-state index < -0.39 is 5.60 Å².